The van der Waals surface area contributed by atoms with E-state index in [0.717, 1.165) is 94.3 Å². The molecule has 22 nitrogen and oxygen atoms in total. The Bertz CT molecular complexity index is 2740. The van der Waals surface area contributed by atoms with E-state index in [4.69, 9.17) is 85.3 Å². The second-order valence-electron chi connectivity index (χ2n) is 22.9. The lowest BCUT2D eigenvalue weighted by atomic mass is 10.2. The maximum absolute atomic E-state index is 11.3. The summed E-state index contributed by atoms with van der Waals surface area (Å²) in [4.78, 5) is 1.75. The van der Waals surface area contributed by atoms with E-state index in [1.807, 2.05) is 54.6 Å². The van der Waals surface area contributed by atoms with Gasteiger partial charge in [0, 0.05) is 39.5 Å². The highest BCUT2D eigenvalue weighted by atomic mass is 16.7. The van der Waals surface area contributed by atoms with Crippen molar-refractivity contribution in [1.29, 1.82) is 0 Å². The van der Waals surface area contributed by atoms with Gasteiger partial charge in [0.2, 0.25) is 0 Å². The number of rotatable bonds is 42. The monoisotopic (exact) mass is 1310 g/mol. The fraction of sp³-hybridized carbons (Fsp3) is 0.500. The van der Waals surface area contributed by atoms with Crippen molar-refractivity contribution in [3.05, 3.63) is 144 Å². The number of methoxy groups -OCH3 is 3. The quantitative estimate of drug-likeness (QED) is 0.0303. The van der Waals surface area contributed by atoms with Crippen molar-refractivity contribution in [3.63, 3.8) is 0 Å². The lowest BCUT2D eigenvalue weighted by molar-refractivity contribution is -0.169. The van der Waals surface area contributed by atoms with Gasteiger partial charge in [0.25, 0.3) is 0 Å². The first-order valence-corrected chi connectivity index (χ1v) is 32.6. The molecule has 0 radical (unpaired) electrons. The molecule has 6 atom stereocenters. The van der Waals surface area contributed by atoms with Crippen LogP contribution >= 0.6 is 0 Å². The highest BCUT2D eigenvalue weighted by molar-refractivity contribution is 5.45. The van der Waals surface area contributed by atoms with Crippen LogP contribution in [0.3, 0.4) is 0 Å². The topological polar surface area (TPSA) is 230 Å². The Hall–Kier alpha value is -7.48. The second-order valence-corrected chi connectivity index (χ2v) is 22.9. The van der Waals surface area contributed by atoms with E-state index in [1.165, 1.54) is 0 Å². The zero-order chi connectivity index (χ0) is 65.4. The van der Waals surface area contributed by atoms with Gasteiger partial charge in [-0.3, -0.25) is 4.90 Å². The van der Waals surface area contributed by atoms with Crippen molar-refractivity contribution in [2.24, 2.45) is 0 Å². The molecule has 3 aliphatic heterocycles. The van der Waals surface area contributed by atoms with Gasteiger partial charge in [0.15, 0.2) is 53.4 Å². The standard InChI is InChI=1S/C72H93NO21/c1-77-67-40-52(46-92-70-10-4-7-31-86-70)13-28-64(67)83-37-34-80-58-16-22-61(23-17-58)89-49-55(74)43-73(44-56(75)50-90-62-24-18-59(19-25-62)81-35-38-84-65-29-14-53(41-68(65)78-2)47-93-71-11-5-8-32-87-71)45-57(76)51-91-63-26-20-60(21-27-63)82-36-39-85-66-30-15-54(42-69(66)79-3)48-94-72-12-6-9-33-88-72/h13-30,40-42,55-57,70-72,74-76H,4-12,31-39,43-51H2,1-3H3/t55-,56-,57-,70?,71?,72?/m1/s1. The van der Waals surface area contributed by atoms with Crippen molar-refractivity contribution in [2.75, 3.05) is 120 Å². The van der Waals surface area contributed by atoms with E-state index >= 15 is 0 Å². The average molecular weight is 1310 g/mol. The highest BCUT2D eigenvalue weighted by Gasteiger charge is 2.23. The minimum atomic E-state index is -1.02. The molecule has 512 valence electrons. The molecule has 3 fully saturated rings. The van der Waals surface area contributed by atoms with Gasteiger partial charge in [0.05, 0.1) is 41.2 Å². The fourth-order valence-corrected chi connectivity index (χ4v) is 10.5. The Morgan fingerprint density at radius 3 is 0.862 bits per heavy atom. The molecule has 22 heteroatoms. The smallest absolute Gasteiger partial charge is 0.161 e. The van der Waals surface area contributed by atoms with Crippen LogP contribution in [0.1, 0.15) is 74.5 Å². The second kappa shape index (κ2) is 39.4. The van der Waals surface area contributed by atoms with Crippen molar-refractivity contribution in [1.82, 2.24) is 4.90 Å². The number of hydrogen-bond donors (Lipinski definition) is 3. The van der Waals surface area contributed by atoms with Gasteiger partial charge >= 0.3 is 0 Å². The average Bonchev–Trinajstić information content (AvgIpc) is 1.44. The number of aliphatic hydroxyl groups is 3. The van der Waals surface area contributed by atoms with Gasteiger partial charge in [-0.05, 0) is 184 Å². The van der Waals surface area contributed by atoms with Crippen LogP contribution < -0.4 is 56.8 Å². The Morgan fingerprint density at radius 1 is 0.340 bits per heavy atom. The summed E-state index contributed by atoms with van der Waals surface area (Å²) >= 11 is 0. The van der Waals surface area contributed by atoms with Crippen LogP contribution in [0.15, 0.2) is 127 Å². The summed E-state index contributed by atoms with van der Waals surface area (Å²) < 4.78 is 105. The van der Waals surface area contributed by atoms with Crippen molar-refractivity contribution < 1.29 is 101 Å². The summed E-state index contributed by atoms with van der Waals surface area (Å²) in [5, 5.41) is 34.0. The van der Waals surface area contributed by atoms with Crippen LogP contribution in [0.2, 0.25) is 0 Å². The summed E-state index contributed by atoms with van der Waals surface area (Å²) in [5.74, 6) is 6.93. The number of benzene rings is 6. The summed E-state index contributed by atoms with van der Waals surface area (Å²) in [6.07, 6.45) is 5.57. The molecule has 3 unspecified atom stereocenters. The van der Waals surface area contributed by atoms with Gasteiger partial charge in [-0.1, -0.05) is 18.2 Å². The molecule has 94 heavy (non-hydrogen) atoms. The van der Waals surface area contributed by atoms with Gasteiger partial charge < -0.3 is 101 Å². The number of aliphatic hydroxyl groups excluding tert-OH is 3. The molecule has 6 aromatic rings. The lowest BCUT2D eigenvalue weighted by Crippen LogP contribution is -2.45. The van der Waals surface area contributed by atoms with Crippen LogP contribution in [0.4, 0.5) is 0 Å². The first kappa shape index (κ1) is 70.8. The van der Waals surface area contributed by atoms with E-state index in [2.05, 4.69) is 0 Å². The van der Waals surface area contributed by atoms with Gasteiger partial charge in [-0.15, -0.1) is 0 Å². The van der Waals surface area contributed by atoms with Gasteiger partial charge in [-0.2, -0.15) is 0 Å². The van der Waals surface area contributed by atoms with Crippen LogP contribution in [-0.4, -0.2) is 178 Å². The summed E-state index contributed by atoms with van der Waals surface area (Å²) in [5.41, 5.74) is 2.87. The molecule has 9 rings (SSSR count). The Balaban J connectivity index is 0.708. The molecule has 0 amide bonds. The van der Waals surface area contributed by atoms with Crippen LogP contribution in [-0.2, 0) is 48.2 Å². The van der Waals surface area contributed by atoms with Crippen molar-refractivity contribution in [3.8, 4) is 69.0 Å². The molecule has 0 bridgehead atoms. The van der Waals surface area contributed by atoms with Crippen LogP contribution in [0.25, 0.3) is 0 Å². The summed E-state index contributed by atoms with van der Waals surface area (Å²) in [6.45, 7) is 4.97. The van der Waals surface area contributed by atoms with Gasteiger partial charge in [0.1, 0.15) is 112 Å². The number of hydrogen-bond acceptors (Lipinski definition) is 22. The first-order valence-electron chi connectivity index (χ1n) is 32.6. The maximum atomic E-state index is 11.3. The van der Waals surface area contributed by atoms with Crippen molar-refractivity contribution >= 4 is 0 Å². The Kier molecular flexibility index (Phi) is 29.7. The zero-order valence-electron chi connectivity index (χ0n) is 54.3. The molecule has 6 aromatic carbocycles. The SMILES string of the molecule is COc1cc(COC2CCCCO2)ccc1OCCOc1ccc(OC[C@H](O)CN(C[C@@H](O)COc2ccc(OCCOc3ccc(COC4CCCCO4)cc3OC)cc2)C[C@@H](O)COc2ccc(OCCOc3ccc(COC4CCCCO4)cc3OC)cc2)cc1. The van der Waals surface area contributed by atoms with E-state index in [-0.39, 0.29) is 98.0 Å². The normalized spacial score (nSPS) is 17.5. The van der Waals surface area contributed by atoms with Crippen molar-refractivity contribution in [2.45, 2.75) is 115 Å². The summed E-state index contributed by atoms with van der Waals surface area (Å²) in [7, 11) is 4.80. The fourth-order valence-electron chi connectivity index (χ4n) is 10.5. The molecule has 3 saturated heterocycles. The van der Waals surface area contributed by atoms with E-state index in [0.29, 0.717) is 88.8 Å². The Labute approximate surface area is 551 Å². The molecular weight excluding hydrogens is 1210 g/mol. The molecule has 3 aliphatic rings. The molecule has 3 N–H and O–H groups in total. The largest absolute Gasteiger partial charge is 0.493 e. The molecule has 0 saturated carbocycles. The third kappa shape index (κ3) is 24.7. The van der Waals surface area contributed by atoms with E-state index in [1.54, 1.807) is 99.0 Å². The highest BCUT2D eigenvalue weighted by Crippen LogP contribution is 2.33. The predicted octanol–water partition coefficient (Wildman–Crippen LogP) is 10.1. The lowest BCUT2D eigenvalue weighted by Gasteiger charge is -2.29. The minimum Gasteiger partial charge on any atom is -0.493 e. The molecule has 0 aromatic heterocycles. The van der Waals surface area contributed by atoms with Gasteiger partial charge in [-0.25, -0.2) is 0 Å². The third-order valence-electron chi connectivity index (χ3n) is 15.4. The first-order chi connectivity index (χ1) is 46.1. The molecule has 0 aliphatic carbocycles. The van der Waals surface area contributed by atoms with Crippen LogP contribution in [0.5, 0.6) is 69.0 Å². The van der Waals surface area contributed by atoms with Crippen LogP contribution in [0, 0.1) is 0 Å². The molecule has 0 spiro atoms. The predicted molar refractivity (Wildman–Crippen MR) is 347 cm³/mol. The number of ether oxygens (including phenoxy) is 18. The zero-order valence-corrected chi connectivity index (χ0v) is 54.3. The van der Waals surface area contributed by atoms with E-state index in [9.17, 15) is 15.3 Å². The molecule has 3 heterocycles. The number of nitrogens with zero attached hydrogens (tertiary/aromatic N) is 1. The third-order valence-corrected chi connectivity index (χ3v) is 15.4. The minimum absolute atomic E-state index is 0.0457. The summed E-state index contributed by atoms with van der Waals surface area (Å²) in [6, 6.07) is 38.2. The van der Waals surface area contributed by atoms with E-state index < -0.39 is 18.3 Å². The Morgan fingerprint density at radius 2 is 0.606 bits per heavy atom. The maximum Gasteiger partial charge on any atom is 0.161 e. The molecular formula is C72H93NO21.